The van der Waals surface area contributed by atoms with E-state index in [9.17, 15) is 0 Å². The summed E-state index contributed by atoms with van der Waals surface area (Å²) < 4.78 is 0. The summed E-state index contributed by atoms with van der Waals surface area (Å²) in [7, 11) is 0. The Hall–Kier alpha value is -2.28. The van der Waals surface area contributed by atoms with Gasteiger partial charge in [-0.2, -0.15) is 0 Å². The van der Waals surface area contributed by atoms with Crippen LogP contribution in [0.3, 0.4) is 0 Å². The molecule has 0 radical (unpaired) electrons. The maximum absolute atomic E-state index is 6.13. The maximum atomic E-state index is 6.13. The number of anilines is 1. The second-order valence-corrected chi connectivity index (χ2v) is 4.52. The van der Waals surface area contributed by atoms with Crippen molar-refractivity contribution in [1.29, 1.82) is 0 Å². The summed E-state index contributed by atoms with van der Waals surface area (Å²) in [5.74, 6) is 0. The summed E-state index contributed by atoms with van der Waals surface area (Å²) in [6.07, 6.45) is 0.883. The zero-order valence-electron chi connectivity index (χ0n) is 10.1. The molecule has 1 nitrogen and oxygen atoms in total. The Balaban J connectivity index is 2.13. The molecule has 0 saturated carbocycles. The zero-order chi connectivity index (χ0) is 12.4. The highest BCUT2D eigenvalue weighted by Crippen LogP contribution is 2.26. The molecule has 0 heterocycles. The van der Waals surface area contributed by atoms with E-state index < -0.39 is 0 Å². The van der Waals surface area contributed by atoms with Crippen molar-refractivity contribution < 1.29 is 0 Å². The predicted molar refractivity (Wildman–Crippen MR) is 77.6 cm³/mol. The molecule has 0 saturated heterocycles. The number of nitrogen functional groups attached to an aromatic ring is 1. The SMILES string of the molecule is Nc1ccc2ccccc2c1Cc1ccccc1. The minimum absolute atomic E-state index is 0.873. The molecular formula is C17H15N. The van der Waals surface area contributed by atoms with Crippen LogP contribution in [0.5, 0.6) is 0 Å². The molecular weight excluding hydrogens is 218 g/mol. The van der Waals surface area contributed by atoms with E-state index in [0.29, 0.717) is 0 Å². The van der Waals surface area contributed by atoms with Gasteiger partial charge in [-0.25, -0.2) is 0 Å². The van der Waals surface area contributed by atoms with Crippen LogP contribution >= 0.6 is 0 Å². The van der Waals surface area contributed by atoms with E-state index in [2.05, 4.69) is 54.6 Å². The lowest BCUT2D eigenvalue weighted by molar-refractivity contribution is 1.22. The fraction of sp³-hybridized carbons (Fsp3) is 0.0588. The first kappa shape index (κ1) is 10.8. The van der Waals surface area contributed by atoms with E-state index in [1.807, 2.05) is 12.1 Å². The summed E-state index contributed by atoms with van der Waals surface area (Å²) in [5, 5.41) is 2.50. The maximum Gasteiger partial charge on any atom is 0.0356 e. The number of hydrogen-bond acceptors (Lipinski definition) is 1. The molecule has 0 atom stereocenters. The first-order valence-corrected chi connectivity index (χ1v) is 6.14. The lowest BCUT2D eigenvalue weighted by Crippen LogP contribution is -1.97. The largest absolute Gasteiger partial charge is 0.398 e. The molecule has 0 amide bonds. The van der Waals surface area contributed by atoms with Gasteiger partial charge in [0.25, 0.3) is 0 Å². The molecule has 0 unspecified atom stereocenters. The van der Waals surface area contributed by atoms with Crippen molar-refractivity contribution >= 4 is 16.5 Å². The average Bonchev–Trinajstić information content (AvgIpc) is 2.43. The average molecular weight is 233 g/mol. The summed E-state index contributed by atoms with van der Waals surface area (Å²) in [5.41, 5.74) is 9.52. The molecule has 18 heavy (non-hydrogen) atoms. The van der Waals surface area contributed by atoms with Gasteiger partial charge in [0.1, 0.15) is 0 Å². The molecule has 0 aliphatic rings. The first-order chi connectivity index (χ1) is 8.84. The topological polar surface area (TPSA) is 26.0 Å². The van der Waals surface area contributed by atoms with Crippen LogP contribution in [0, 0.1) is 0 Å². The lowest BCUT2D eigenvalue weighted by Gasteiger charge is -2.10. The number of hydrogen-bond donors (Lipinski definition) is 1. The van der Waals surface area contributed by atoms with E-state index in [1.54, 1.807) is 0 Å². The van der Waals surface area contributed by atoms with Crippen LogP contribution in [0.25, 0.3) is 10.8 Å². The Morgan fingerprint density at radius 3 is 2.28 bits per heavy atom. The van der Waals surface area contributed by atoms with Crippen molar-refractivity contribution in [3.63, 3.8) is 0 Å². The molecule has 1 heteroatoms. The van der Waals surface area contributed by atoms with Crippen LogP contribution in [0.2, 0.25) is 0 Å². The monoisotopic (exact) mass is 233 g/mol. The molecule has 3 rings (SSSR count). The van der Waals surface area contributed by atoms with E-state index in [-0.39, 0.29) is 0 Å². The minimum Gasteiger partial charge on any atom is -0.398 e. The molecule has 88 valence electrons. The molecule has 0 bridgehead atoms. The first-order valence-electron chi connectivity index (χ1n) is 6.14. The van der Waals surface area contributed by atoms with Crippen LogP contribution in [0.15, 0.2) is 66.7 Å². The standard InChI is InChI=1S/C17H15N/c18-17-11-10-14-8-4-5-9-15(14)16(17)12-13-6-2-1-3-7-13/h1-11H,12,18H2. The van der Waals surface area contributed by atoms with Gasteiger partial charge < -0.3 is 5.73 Å². The molecule has 0 fully saturated rings. The van der Waals surface area contributed by atoms with Gasteiger partial charge in [0.15, 0.2) is 0 Å². The van der Waals surface area contributed by atoms with E-state index in [4.69, 9.17) is 5.73 Å². The zero-order valence-corrected chi connectivity index (χ0v) is 10.1. The second kappa shape index (κ2) is 4.53. The van der Waals surface area contributed by atoms with Crippen LogP contribution in [0.1, 0.15) is 11.1 Å². The minimum atomic E-state index is 0.873. The smallest absolute Gasteiger partial charge is 0.0356 e. The van der Waals surface area contributed by atoms with Crippen molar-refractivity contribution in [3.8, 4) is 0 Å². The number of fused-ring (bicyclic) bond motifs is 1. The van der Waals surface area contributed by atoms with Crippen molar-refractivity contribution in [2.24, 2.45) is 0 Å². The van der Waals surface area contributed by atoms with Gasteiger partial charge in [0.2, 0.25) is 0 Å². The van der Waals surface area contributed by atoms with Crippen LogP contribution in [-0.4, -0.2) is 0 Å². The number of benzene rings is 3. The van der Waals surface area contributed by atoms with Crippen molar-refractivity contribution in [2.45, 2.75) is 6.42 Å². The highest BCUT2D eigenvalue weighted by Gasteiger charge is 2.05. The summed E-state index contributed by atoms with van der Waals surface area (Å²) in [6, 6.07) is 22.9. The predicted octanol–water partition coefficient (Wildman–Crippen LogP) is 4.01. The third-order valence-corrected chi connectivity index (χ3v) is 3.30. The molecule has 3 aromatic rings. The van der Waals surface area contributed by atoms with E-state index in [0.717, 1.165) is 12.1 Å². The van der Waals surface area contributed by atoms with Gasteiger partial charge in [-0.15, -0.1) is 0 Å². The van der Waals surface area contributed by atoms with Crippen molar-refractivity contribution in [2.75, 3.05) is 5.73 Å². The third kappa shape index (κ3) is 1.95. The normalized spacial score (nSPS) is 10.7. The molecule has 0 aliphatic heterocycles. The summed E-state index contributed by atoms with van der Waals surface area (Å²) in [4.78, 5) is 0. The van der Waals surface area contributed by atoms with Gasteiger partial charge in [-0.1, -0.05) is 60.7 Å². The second-order valence-electron chi connectivity index (χ2n) is 4.52. The Morgan fingerprint density at radius 1 is 0.722 bits per heavy atom. The third-order valence-electron chi connectivity index (χ3n) is 3.30. The molecule has 2 N–H and O–H groups in total. The Labute approximate surface area is 107 Å². The van der Waals surface area contributed by atoms with Crippen LogP contribution in [0.4, 0.5) is 5.69 Å². The molecule has 3 aromatic carbocycles. The van der Waals surface area contributed by atoms with E-state index >= 15 is 0 Å². The fourth-order valence-corrected chi connectivity index (χ4v) is 2.35. The molecule has 0 spiro atoms. The van der Waals surface area contributed by atoms with Crippen LogP contribution < -0.4 is 5.73 Å². The highest BCUT2D eigenvalue weighted by molar-refractivity contribution is 5.89. The fourth-order valence-electron chi connectivity index (χ4n) is 2.35. The molecule has 0 aliphatic carbocycles. The number of nitrogens with two attached hydrogens (primary N) is 1. The summed E-state index contributed by atoms with van der Waals surface area (Å²) in [6.45, 7) is 0. The van der Waals surface area contributed by atoms with Gasteiger partial charge in [-0.3, -0.25) is 0 Å². The van der Waals surface area contributed by atoms with Crippen molar-refractivity contribution in [1.82, 2.24) is 0 Å². The molecule has 0 aromatic heterocycles. The Bertz CT molecular complexity index is 672. The van der Waals surface area contributed by atoms with E-state index in [1.165, 1.54) is 21.9 Å². The van der Waals surface area contributed by atoms with Crippen LogP contribution in [-0.2, 0) is 6.42 Å². The lowest BCUT2D eigenvalue weighted by atomic mass is 9.97. The van der Waals surface area contributed by atoms with Crippen molar-refractivity contribution in [3.05, 3.63) is 77.9 Å². The number of rotatable bonds is 2. The van der Waals surface area contributed by atoms with Gasteiger partial charge in [-0.05, 0) is 28.0 Å². The Morgan fingerprint density at radius 2 is 1.44 bits per heavy atom. The quantitative estimate of drug-likeness (QED) is 0.665. The van der Waals surface area contributed by atoms with Gasteiger partial charge in [0.05, 0.1) is 0 Å². The highest BCUT2D eigenvalue weighted by atomic mass is 14.6. The van der Waals surface area contributed by atoms with Gasteiger partial charge in [0, 0.05) is 12.1 Å². The Kier molecular flexibility index (Phi) is 2.73. The van der Waals surface area contributed by atoms with Gasteiger partial charge >= 0.3 is 0 Å². The summed E-state index contributed by atoms with van der Waals surface area (Å²) >= 11 is 0.